The lowest BCUT2D eigenvalue weighted by Crippen LogP contribution is -2.45. The van der Waals surface area contributed by atoms with E-state index in [0.717, 1.165) is 79.7 Å². The van der Waals surface area contributed by atoms with Crippen molar-refractivity contribution in [2.45, 2.75) is 46.1 Å². The molecule has 0 spiro atoms. The number of anilines is 1. The van der Waals surface area contributed by atoms with E-state index in [4.69, 9.17) is 23.7 Å². The summed E-state index contributed by atoms with van der Waals surface area (Å²) in [5.41, 5.74) is 3.57. The number of nitrogens with zero attached hydrogens (tertiary/aromatic N) is 5. The molecule has 1 saturated heterocycles. The number of aryl methyl sites for hydroxylation is 1. The van der Waals surface area contributed by atoms with Gasteiger partial charge in [-0.3, -0.25) is 14.5 Å². The fraction of sp³-hybridized carbons (Fsp3) is 0.474. The highest BCUT2D eigenvalue weighted by Crippen LogP contribution is 2.44. The fourth-order valence-corrected chi connectivity index (χ4v) is 7.18. The van der Waals surface area contributed by atoms with E-state index < -0.39 is 0 Å². The second-order valence-electron chi connectivity index (χ2n) is 13.1. The highest BCUT2D eigenvalue weighted by atomic mass is 16.5. The summed E-state index contributed by atoms with van der Waals surface area (Å²) in [5.74, 6) is 2.88. The van der Waals surface area contributed by atoms with Gasteiger partial charge >= 0.3 is 0 Å². The smallest absolute Gasteiger partial charge is 0.260 e. The molecule has 266 valence electrons. The summed E-state index contributed by atoms with van der Waals surface area (Å²) in [6.45, 7) is 8.81. The van der Waals surface area contributed by atoms with E-state index in [1.54, 1.807) is 33.2 Å². The van der Waals surface area contributed by atoms with E-state index in [0.29, 0.717) is 53.9 Å². The molecule has 2 bridgehead atoms. The quantitative estimate of drug-likeness (QED) is 0.286. The SMILES string of the molecule is CCN1CCCCN(C(=O)c2c(-c3ccccc3)noc2C)CC(=O)NCC2CCCN(C2)c2nc3cc(OC)c(OC)c(OC)c3cc2C1. The van der Waals surface area contributed by atoms with Crippen molar-refractivity contribution in [3.8, 4) is 28.5 Å². The molecule has 50 heavy (non-hydrogen) atoms. The number of ether oxygens (including phenoxy) is 3. The van der Waals surface area contributed by atoms with E-state index >= 15 is 0 Å². The molecular weight excluding hydrogens is 636 g/mol. The maximum atomic E-state index is 14.1. The lowest BCUT2D eigenvalue weighted by Gasteiger charge is -2.36. The predicted molar refractivity (Wildman–Crippen MR) is 192 cm³/mol. The van der Waals surface area contributed by atoms with Gasteiger partial charge in [-0.25, -0.2) is 4.98 Å². The molecule has 4 heterocycles. The van der Waals surface area contributed by atoms with Crippen molar-refractivity contribution >= 4 is 28.5 Å². The minimum atomic E-state index is -0.247. The van der Waals surface area contributed by atoms with Crippen LogP contribution in [0.5, 0.6) is 17.2 Å². The third-order valence-corrected chi connectivity index (χ3v) is 9.82. The number of nitrogens with one attached hydrogen (secondary N) is 1. The topological polar surface area (TPSA) is 123 Å². The molecule has 6 rings (SSSR count). The molecule has 2 aliphatic rings. The van der Waals surface area contributed by atoms with Crippen LogP contribution in [-0.2, 0) is 11.3 Å². The Morgan fingerprint density at radius 3 is 2.50 bits per heavy atom. The Bertz CT molecular complexity index is 1810. The lowest BCUT2D eigenvalue weighted by atomic mass is 9.97. The molecule has 0 aliphatic carbocycles. The van der Waals surface area contributed by atoms with Crippen molar-refractivity contribution in [3.05, 3.63) is 59.4 Å². The highest BCUT2D eigenvalue weighted by Gasteiger charge is 2.30. The van der Waals surface area contributed by atoms with Gasteiger partial charge in [0.25, 0.3) is 5.91 Å². The van der Waals surface area contributed by atoms with E-state index in [1.165, 1.54) is 0 Å². The van der Waals surface area contributed by atoms with Crippen LogP contribution in [-0.4, -0.2) is 98.9 Å². The Kier molecular flexibility index (Phi) is 11.1. The Morgan fingerprint density at radius 1 is 0.980 bits per heavy atom. The van der Waals surface area contributed by atoms with Crippen LogP contribution in [0.4, 0.5) is 5.82 Å². The average molecular weight is 685 g/mol. The second kappa shape index (κ2) is 15.8. The molecular formula is C38H48N6O6. The number of hydrogen-bond acceptors (Lipinski definition) is 10. The zero-order valence-corrected chi connectivity index (χ0v) is 29.8. The van der Waals surface area contributed by atoms with E-state index in [2.05, 4.69) is 33.3 Å². The van der Waals surface area contributed by atoms with Crippen LogP contribution in [0.2, 0.25) is 0 Å². The van der Waals surface area contributed by atoms with E-state index in [-0.39, 0.29) is 24.3 Å². The number of aromatic nitrogens is 2. The molecule has 12 heteroatoms. The number of hydrogen-bond donors (Lipinski definition) is 1. The van der Waals surface area contributed by atoms with Crippen molar-refractivity contribution in [3.63, 3.8) is 0 Å². The maximum Gasteiger partial charge on any atom is 0.260 e. The Morgan fingerprint density at radius 2 is 1.76 bits per heavy atom. The fourth-order valence-electron chi connectivity index (χ4n) is 7.18. The summed E-state index contributed by atoms with van der Waals surface area (Å²) in [4.78, 5) is 39.3. The second-order valence-corrected chi connectivity index (χ2v) is 13.1. The van der Waals surface area contributed by atoms with Crippen molar-refractivity contribution in [2.24, 2.45) is 5.92 Å². The number of fused-ring (bicyclic) bond motifs is 5. The standard InChI is InChI=1S/C38H48N6O6/c1-6-42-16-10-11-17-44(38(46)33-25(2)50-41-34(33)27-14-8-7-9-15-27)24-32(45)39-21-26-13-12-18-43(22-26)37-28(23-42)19-29-30(40-37)20-31(47-3)36(49-5)35(29)48-4/h7-9,14-15,19-20,26H,6,10-13,16-18,21-24H2,1-5H3,(H,39,45). The molecule has 1 N–H and O–H groups in total. The molecule has 0 radical (unpaired) electrons. The number of rotatable bonds is 6. The molecule has 1 atom stereocenters. The zero-order chi connectivity index (χ0) is 35.2. The monoisotopic (exact) mass is 684 g/mol. The highest BCUT2D eigenvalue weighted by molar-refractivity contribution is 6.02. The molecule has 12 nitrogen and oxygen atoms in total. The predicted octanol–water partition coefficient (Wildman–Crippen LogP) is 5.31. The number of piperidine rings is 1. The molecule has 1 unspecified atom stereocenters. The van der Waals surface area contributed by atoms with Crippen LogP contribution in [0.3, 0.4) is 0 Å². The van der Waals surface area contributed by atoms with Gasteiger partial charge in [0.15, 0.2) is 11.5 Å². The first-order valence-electron chi connectivity index (χ1n) is 17.5. The van der Waals surface area contributed by atoms with Crippen LogP contribution >= 0.6 is 0 Å². The van der Waals surface area contributed by atoms with E-state index in [9.17, 15) is 9.59 Å². The Balaban J connectivity index is 1.31. The van der Waals surface area contributed by atoms with Gasteiger partial charge in [-0.2, -0.15) is 0 Å². The summed E-state index contributed by atoms with van der Waals surface area (Å²) in [6, 6.07) is 13.6. The molecule has 2 amide bonds. The van der Waals surface area contributed by atoms with Crippen molar-refractivity contribution in [1.82, 2.24) is 25.3 Å². The van der Waals surface area contributed by atoms with Crippen LogP contribution in [0.1, 0.15) is 54.3 Å². The lowest BCUT2D eigenvalue weighted by molar-refractivity contribution is -0.122. The van der Waals surface area contributed by atoms with Crippen LogP contribution in [0.15, 0.2) is 47.0 Å². The third kappa shape index (κ3) is 7.35. The normalized spacial score (nSPS) is 18.0. The van der Waals surface area contributed by atoms with E-state index in [1.807, 2.05) is 36.4 Å². The summed E-state index contributed by atoms with van der Waals surface area (Å²) < 4.78 is 22.7. The molecule has 0 saturated carbocycles. The van der Waals surface area contributed by atoms with Gasteiger partial charge in [-0.15, -0.1) is 0 Å². The number of amides is 2. The molecule has 2 aromatic carbocycles. The minimum absolute atomic E-state index is 0.0326. The van der Waals surface area contributed by atoms with Gasteiger partial charge < -0.3 is 33.9 Å². The van der Waals surface area contributed by atoms with Crippen LogP contribution in [0.25, 0.3) is 22.2 Å². The first-order chi connectivity index (χ1) is 24.3. The summed E-state index contributed by atoms with van der Waals surface area (Å²) in [5, 5.41) is 8.24. The number of carbonyl (C=O) groups is 2. The average Bonchev–Trinajstić information content (AvgIpc) is 3.54. The largest absolute Gasteiger partial charge is 0.493 e. The first kappa shape index (κ1) is 35.0. The van der Waals surface area contributed by atoms with Gasteiger partial charge in [-0.05, 0) is 57.7 Å². The van der Waals surface area contributed by atoms with Gasteiger partial charge in [0.05, 0.1) is 33.4 Å². The van der Waals surface area contributed by atoms with Gasteiger partial charge in [0.2, 0.25) is 11.7 Å². The summed E-state index contributed by atoms with van der Waals surface area (Å²) in [7, 11) is 4.86. The van der Waals surface area contributed by atoms with Crippen LogP contribution < -0.4 is 24.4 Å². The molecule has 1 fully saturated rings. The van der Waals surface area contributed by atoms with Crippen molar-refractivity contribution < 1.29 is 28.3 Å². The van der Waals surface area contributed by atoms with Crippen LogP contribution in [0, 0.1) is 12.8 Å². The number of carbonyl (C=O) groups excluding carboxylic acids is 2. The third-order valence-electron chi connectivity index (χ3n) is 9.82. The van der Waals surface area contributed by atoms with Crippen molar-refractivity contribution in [2.75, 3.05) is 72.0 Å². The maximum absolute atomic E-state index is 14.1. The summed E-state index contributed by atoms with van der Waals surface area (Å²) >= 11 is 0. The molecule has 2 aliphatic heterocycles. The number of methoxy groups -OCH3 is 3. The molecule has 2 aromatic heterocycles. The number of pyridine rings is 1. The Hall–Kier alpha value is -4.84. The first-order valence-corrected chi connectivity index (χ1v) is 17.5. The van der Waals surface area contributed by atoms with Crippen molar-refractivity contribution in [1.29, 1.82) is 0 Å². The summed E-state index contributed by atoms with van der Waals surface area (Å²) in [6.07, 6.45) is 3.53. The van der Waals surface area contributed by atoms with Gasteiger partial charge in [0.1, 0.15) is 22.8 Å². The number of benzene rings is 2. The Labute approximate surface area is 293 Å². The molecule has 4 aromatic rings. The van der Waals surface area contributed by atoms with Gasteiger partial charge in [0, 0.05) is 55.3 Å². The van der Waals surface area contributed by atoms with Gasteiger partial charge in [-0.1, -0.05) is 42.4 Å². The zero-order valence-electron chi connectivity index (χ0n) is 29.8. The minimum Gasteiger partial charge on any atom is -0.493 e.